The van der Waals surface area contributed by atoms with Gasteiger partial charge in [-0.25, -0.2) is 8.42 Å². The molecular formula is C16H20N4O3S2. The van der Waals surface area contributed by atoms with Crippen molar-refractivity contribution in [1.29, 1.82) is 0 Å². The van der Waals surface area contributed by atoms with E-state index < -0.39 is 10.0 Å². The number of nitrogens with one attached hydrogen (secondary N) is 1. The van der Waals surface area contributed by atoms with Crippen LogP contribution in [0.1, 0.15) is 25.3 Å². The maximum Gasteiger partial charge on any atom is 0.272 e. The summed E-state index contributed by atoms with van der Waals surface area (Å²) in [5.74, 6) is 0.284. The van der Waals surface area contributed by atoms with Crippen LogP contribution in [0.5, 0.6) is 0 Å². The zero-order valence-corrected chi connectivity index (χ0v) is 15.5. The highest BCUT2D eigenvalue weighted by atomic mass is 32.2. The molecule has 0 saturated carbocycles. The first-order valence-electron chi connectivity index (χ1n) is 8.12. The molecule has 0 unspecified atom stereocenters. The zero-order chi connectivity index (χ0) is 17.9. The lowest BCUT2D eigenvalue weighted by Crippen LogP contribution is -2.37. The van der Waals surface area contributed by atoms with Gasteiger partial charge in [0.15, 0.2) is 0 Å². The van der Waals surface area contributed by atoms with E-state index in [0.29, 0.717) is 19.0 Å². The molecule has 1 fully saturated rings. The summed E-state index contributed by atoms with van der Waals surface area (Å²) in [6, 6.07) is 9.31. The van der Waals surface area contributed by atoms with E-state index in [1.54, 1.807) is 0 Å². The molecule has 7 nitrogen and oxygen atoms in total. The van der Waals surface area contributed by atoms with E-state index in [4.69, 9.17) is 0 Å². The molecule has 1 saturated heterocycles. The standard InChI is InChI=1S/C16H20N4O3S2/c1-12-7-9-20(10-8-12)25(22,23)16-19-18-15(24-16)17-14(21)11-13-5-3-2-4-6-13/h2-6,12H,7-11H2,1H3,(H,17,18,21). The molecule has 1 N–H and O–H groups in total. The molecule has 0 radical (unpaired) electrons. The molecule has 25 heavy (non-hydrogen) atoms. The highest BCUT2D eigenvalue weighted by Gasteiger charge is 2.31. The van der Waals surface area contributed by atoms with Crippen molar-refractivity contribution in [2.75, 3.05) is 18.4 Å². The Balaban J connectivity index is 1.64. The number of carbonyl (C=O) groups is 1. The molecule has 1 aromatic heterocycles. The quantitative estimate of drug-likeness (QED) is 0.802. The van der Waals surface area contributed by atoms with Gasteiger partial charge < -0.3 is 5.32 Å². The predicted molar refractivity (Wildman–Crippen MR) is 95.8 cm³/mol. The maximum absolute atomic E-state index is 12.6. The Bertz CT molecular complexity index is 828. The van der Waals surface area contributed by atoms with Crippen LogP contribution in [0.15, 0.2) is 34.7 Å². The molecular weight excluding hydrogens is 360 g/mol. The molecule has 3 rings (SSSR count). The van der Waals surface area contributed by atoms with Gasteiger partial charge in [-0.2, -0.15) is 4.31 Å². The second-order valence-corrected chi connectivity index (χ2v) is 9.26. The maximum atomic E-state index is 12.6. The van der Waals surface area contributed by atoms with Gasteiger partial charge >= 0.3 is 0 Å². The lowest BCUT2D eigenvalue weighted by atomic mass is 10.0. The van der Waals surface area contributed by atoms with Gasteiger partial charge in [-0.05, 0) is 24.3 Å². The topological polar surface area (TPSA) is 92.3 Å². The minimum Gasteiger partial charge on any atom is -0.300 e. The fourth-order valence-corrected chi connectivity index (χ4v) is 5.17. The van der Waals surface area contributed by atoms with Crippen molar-refractivity contribution in [2.45, 2.75) is 30.5 Å². The van der Waals surface area contributed by atoms with Crippen LogP contribution in [0.4, 0.5) is 5.13 Å². The average Bonchev–Trinajstić information content (AvgIpc) is 3.05. The van der Waals surface area contributed by atoms with E-state index in [9.17, 15) is 13.2 Å². The summed E-state index contributed by atoms with van der Waals surface area (Å²) in [4.78, 5) is 12.0. The summed E-state index contributed by atoms with van der Waals surface area (Å²) in [5.41, 5.74) is 0.875. The van der Waals surface area contributed by atoms with Gasteiger partial charge in [-0.1, -0.05) is 48.6 Å². The number of hydrogen-bond acceptors (Lipinski definition) is 6. The number of rotatable bonds is 5. The fourth-order valence-electron chi connectivity index (χ4n) is 2.64. The molecule has 2 aromatic rings. The molecule has 0 spiro atoms. The van der Waals surface area contributed by atoms with Gasteiger partial charge in [-0.3, -0.25) is 4.79 Å². The van der Waals surface area contributed by atoms with Crippen LogP contribution in [0.25, 0.3) is 0 Å². The average molecular weight is 380 g/mol. The number of piperidine rings is 1. The first-order chi connectivity index (χ1) is 11.9. The van der Waals surface area contributed by atoms with Gasteiger partial charge in [0, 0.05) is 13.1 Å². The van der Waals surface area contributed by atoms with E-state index in [1.165, 1.54) is 4.31 Å². The smallest absolute Gasteiger partial charge is 0.272 e. The van der Waals surface area contributed by atoms with Gasteiger partial charge in [0.1, 0.15) is 0 Å². The van der Waals surface area contributed by atoms with Gasteiger partial charge in [0.05, 0.1) is 6.42 Å². The van der Waals surface area contributed by atoms with Gasteiger partial charge in [0.25, 0.3) is 10.0 Å². The van der Waals surface area contributed by atoms with Crippen LogP contribution < -0.4 is 5.32 Å². The Kier molecular flexibility index (Phi) is 5.45. The van der Waals surface area contributed by atoms with Crippen LogP contribution in [-0.2, 0) is 21.2 Å². The van der Waals surface area contributed by atoms with Crippen molar-refractivity contribution in [2.24, 2.45) is 5.92 Å². The Morgan fingerprint density at radius 1 is 1.24 bits per heavy atom. The van der Waals surface area contributed by atoms with Crippen molar-refractivity contribution in [3.63, 3.8) is 0 Å². The molecule has 1 amide bonds. The first kappa shape index (κ1) is 18.0. The molecule has 0 aliphatic carbocycles. The van der Waals surface area contributed by atoms with Crippen molar-refractivity contribution < 1.29 is 13.2 Å². The van der Waals surface area contributed by atoms with Crippen molar-refractivity contribution in [3.05, 3.63) is 35.9 Å². The van der Waals surface area contributed by atoms with Crippen molar-refractivity contribution in [1.82, 2.24) is 14.5 Å². The summed E-state index contributed by atoms with van der Waals surface area (Å²) in [6.07, 6.45) is 1.89. The number of anilines is 1. The number of nitrogens with zero attached hydrogens (tertiary/aromatic N) is 3. The number of amides is 1. The number of benzene rings is 1. The molecule has 1 aliphatic rings. The van der Waals surface area contributed by atoms with E-state index in [1.807, 2.05) is 30.3 Å². The summed E-state index contributed by atoms with van der Waals surface area (Å²) in [6.45, 7) is 3.12. The molecule has 1 aliphatic heterocycles. The van der Waals surface area contributed by atoms with E-state index in [2.05, 4.69) is 22.4 Å². The predicted octanol–water partition coefficient (Wildman–Crippen LogP) is 2.14. The first-order valence-corrected chi connectivity index (χ1v) is 10.4. The van der Waals surface area contributed by atoms with Crippen LogP contribution in [0, 0.1) is 5.92 Å². The van der Waals surface area contributed by atoms with Crippen LogP contribution in [0.3, 0.4) is 0 Å². The summed E-state index contributed by atoms with van der Waals surface area (Å²) in [7, 11) is -3.63. The molecule has 0 bridgehead atoms. The number of hydrogen-bond donors (Lipinski definition) is 1. The lowest BCUT2D eigenvalue weighted by Gasteiger charge is -2.28. The monoisotopic (exact) mass is 380 g/mol. The Morgan fingerprint density at radius 2 is 1.92 bits per heavy atom. The minimum atomic E-state index is -3.63. The number of aromatic nitrogens is 2. The van der Waals surface area contributed by atoms with Crippen LogP contribution in [0.2, 0.25) is 0 Å². The third kappa shape index (κ3) is 4.42. The molecule has 9 heteroatoms. The fraction of sp³-hybridized carbons (Fsp3) is 0.438. The summed E-state index contributed by atoms with van der Waals surface area (Å²) in [5, 5.41) is 10.4. The van der Waals surface area contributed by atoms with Crippen molar-refractivity contribution in [3.8, 4) is 0 Å². The van der Waals surface area contributed by atoms with Crippen LogP contribution >= 0.6 is 11.3 Å². The number of carbonyl (C=O) groups excluding carboxylic acids is 1. The van der Waals surface area contributed by atoms with Crippen LogP contribution in [-0.4, -0.2) is 41.9 Å². The SMILES string of the molecule is CC1CCN(S(=O)(=O)c2nnc(NC(=O)Cc3ccccc3)s2)CC1. The van der Waals surface area contributed by atoms with E-state index >= 15 is 0 Å². The van der Waals surface area contributed by atoms with Gasteiger partial charge in [-0.15, -0.1) is 10.2 Å². The third-order valence-electron chi connectivity index (χ3n) is 4.16. The van der Waals surface area contributed by atoms with E-state index in [0.717, 1.165) is 29.7 Å². The molecule has 1 aromatic carbocycles. The highest BCUT2D eigenvalue weighted by Crippen LogP contribution is 2.27. The Hall–Kier alpha value is -1.84. The van der Waals surface area contributed by atoms with Crippen molar-refractivity contribution >= 4 is 32.4 Å². The Morgan fingerprint density at radius 3 is 2.60 bits per heavy atom. The third-order valence-corrected chi connectivity index (χ3v) is 7.25. The minimum absolute atomic E-state index is 0.0722. The highest BCUT2D eigenvalue weighted by molar-refractivity contribution is 7.91. The van der Waals surface area contributed by atoms with Gasteiger partial charge in [0.2, 0.25) is 15.4 Å². The molecule has 2 heterocycles. The molecule has 134 valence electrons. The Labute approximate surface area is 151 Å². The number of sulfonamides is 1. The second kappa shape index (κ2) is 7.59. The zero-order valence-electron chi connectivity index (χ0n) is 13.9. The largest absolute Gasteiger partial charge is 0.300 e. The lowest BCUT2D eigenvalue weighted by molar-refractivity contribution is -0.115. The molecule has 0 atom stereocenters. The normalized spacial score (nSPS) is 16.7. The summed E-state index contributed by atoms with van der Waals surface area (Å²) >= 11 is 0.889. The van der Waals surface area contributed by atoms with E-state index in [-0.39, 0.29) is 21.8 Å². The second-order valence-electron chi connectivity index (χ2n) is 6.17. The summed E-state index contributed by atoms with van der Waals surface area (Å²) < 4.78 is 26.6.